The fourth-order valence-electron chi connectivity index (χ4n) is 3.06. The van der Waals surface area contributed by atoms with Crippen molar-refractivity contribution in [2.75, 3.05) is 33.7 Å². The Hall–Kier alpha value is -2.14. The molecule has 1 amide bonds. The standard InChI is InChI=1S/C22H35N7O.HI/c1-7-23-22(26-15-20-16(2)27-29(6)17(20)3)25-14-18-9-8-10-19(13-18)21(30)24-11-12-28(4)5;/h8-10,13H,7,11-12,14-15H2,1-6H3,(H,24,30)(H2,23,25,26);1H. The summed E-state index contributed by atoms with van der Waals surface area (Å²) >= 11 is 0. The van der Waals surface area contributed by atoms with Crippen molar-refractivity contribution >= 4 is 35.8 Å². The fourth-order valence-corrected chi connectivity index (χ4v) is 3.06. The highest BCUT2D eigenvalue weighted by atomic mass is 127. The Labute approximate surface area is 202 Å². The van der Waals surface area contributed by atoms with E-state index in [2.05, 4.69) is 33.0 Å². The van der Waals surface area contributed by atoms with Gasteiger partial charge in [0.1, 0.15) is 0 Å². The number of aliphatic imine (C=N–C) groups is 1. The van der Waals surface area contributed by atoms with Crippen LogP contribution in [0.4, 0.5) is 0 Å². The van der Waals surface area contributed by atoms with Crippen LogP contribution in [0.3, 0.4) is 0 Å². The van der Waals surface area contributed by atoms with E-state index < -0.39 is 0 Å². The van der Waals surface area contributed by atoms with E-state index in [0.717, 1.165) is 36.0 Å². The average Bonchev–Trinajstić information content (AvgIpc) is 2.95. The molecule has 0 spiro atoms. The maximum absolute atomic E-state index is 12.3. The van der Waals surface area contributed by atoms with Gasteiger partial charge in [0.05, 0.1) is 12.2 Å². The SMILES string of the molecule is CCNC(=NCc1cccc(C(=O)NCCN(C)C)c1)NCc1c(C)nn(C)c1C.I. The molecule has 0 atom stereocenters. The zero-order valence-electron chi connectivity index (χ0n) is 19.5. The molecule has 0 fully saturated rings. The van der Waals surface area contributed by atoms with Crippen LogP contribution in [0.5, 0.6) is 0 Å². The van der Waals surface area contributed by atoms with E-state index in [-0.39, 0.29) is 29.9 Å². The lowest BCUT2D eigenvalue weighted by Gasteiger charge is -2.12. The number of aromatic nitrogens is 2. The van der Waals surface area contributed by atoms with Crippen molar-refractivity contribution in [3.8, 4) is 0 Å². The second-order valence-electron chi connectivity index (χ2n) is 7.58. The Kier molecular flexibility index (Phi) is 11.5. The number of carbonyl (C=O) groups excluding carboxylic acids is 1. The Morgan fingerprint density at radius 3 is 2.55 bits per heavy atom. The number of nitrogens with one attached hydrogen (secondary N) is 3. The third kappa shape index (κ3) is 8.48. The second kappa shape index (κ2) is 13.3. The van der Waals surface area contributed by atoms with Crippen molar-refractivity contribution < 1.29 is 4.79 Å². The molecule has 0 bridgehead atoms. The number of amides is 1. The van der Waals surface area contributed by atoms with E-state index in [0.29, 0.717) is 25.2 Å². The first-order chi connectivity index (χ1) is 14.3. The minimum absolute atomic E-state index is 0. The van der Waals surface area contributed by atoms with Gasteiger partial charge in [0.15, 0.2) is 5.96 Å². The number of guanidine groups is 1. The van der Waals surface area contributed by atoms with E-state index >= 15 is 0 Å². The summed E-state index contributed by atoms with van der Waals surface area (Å²) in [7, 11) is 5.92. The largest absolute Gasteiger partial charge is 0.357 e. The maximum Gasteiger partial charge on any atom is 0.251 e. The molecule has 1 aromatic heterocycles. The summed E-state index contributed by atoms with van der Waals surface area (Å²) in [5.74, 6) is 0.677. The van der Waals surface area contributed by atoms with Gasteiger partial charge in [0.2, 0.25) is 0 Å². The Morgan fingerprint density at radius 1 is 1.19 bits per heavy atom. The molecule has 0 unspecified atom stereocenters. The third-order valence-corrected chi connectivity index (χ3v) is 4.89. The van der Waals surface area contributed by atoms with Crippen LogP contribution in [0.2, 0.25) is 0 Å². The molecule has 172 valence electrons. The first kappa shape index (κ1) is 26.9. The van der Waals surface area contributed by atoms with Crippen LogP contribution in [0.15, 0.2) is 29.3 Å². The summed E-state index contributed by atoms with van der Waals surface area (Å²) < 4.78 is 1.89. The van der Waals surface area contributed by atoms with Gasteiger partial charge in [0.25, 0.3) is 5.91 Å². The van der Waals surface area contributed by atoms with Crippen LogP contribution in [0.25, 0.3) is 0 Å². The van der Waals surface area contributed by atoms with Gasteiger partial charge in [-0.1, -0.05) is 12.1 Å². The summed E-state index contributed by atoms with van der Waals surface area (Å²) in [4.78, 5) is 19.1. The molecular formula is C22H36IN7O. The number of hydrogen-bond donors (Lipinski definition) is 3. The van der Waals surface area contributed by atoms with Crippen molar-refractivity contribution in [1.29, 1.82) is 0 Å². The van der Waals surface area contributed by atoms with Gasteiger partial charge in [-0.25, -0.2) is 4.99 Å². The first-order valence-corrected chi connectivity index (χ1v) is 10.3. The number of carbonyl (C=O) groups is 1. The molecule has 1 aromatic carbocycles. The normalized spacial score (nSPS) is 11.3. The highest BCUT2D eigenvalue weighted by Gasteiger charge is 2.10. The molecule has 2 rings (SSSR count). The van der Waals surface area contributed by atoms with Gasteiger partial charge >= 0.3 is 0 Å². The van der Waals surface area contributed by atoms with Crippen LogP contribution in [0, 0.1) is 13.8 Å². The smallest absolute Gasteiger partial charge is 0.251 e. The van der Waals surface area contributed by atoms with Crippen molar-refractivity contribution in [3.63, 3.8) is 0 Å². The molecule has 0 saturated heterocycles. The molecule has 2 aromatic rings. The molecular weight excluding hydrogens is 505 g/mol. The number of rotatable bonds is 9. The molecule has 0 saturated carbocycles. The second-order valence-corrected chi connectivity index (χ2v) is 7.58. The van der Waals surface area contributed by atoms with E-state index in [4.69, 9.17) is 0 Å². The van der Waals surface area contributed by atoms with Gasteiger partial charge in [-0.15, -0.1) is 24.0 Å². The van der Waals surface area contributed by atoms with E-state index in [1.807, 2.05) is 68.8 Å². The number of nitrogens with zero attached hydrogens (tertiary/aromatic N) is 4. The van der Waals surface area contributed by atoms with Gasteiger partial charge in [0, 0.05) is 50.0 Å². The van der Waals surface area contributed by atoms with Gasteiger partial charge in [-0.3, -0.25) is 9.48 Å². The van der Waals surface area contributed by atoms with Crippen molar-refractivity contribution in [2.24, 2.45) is 12.0 Å². The first-order valence-electron chi connectivity index (χ1n) is 10.3. The lowest BCUT2D eigenvalue weighted by molar-refractivity contribution is 0.0951. The van der Waals surface area contributed by atoms with Crippen LogP contribution in [0.1, 0.15) is 39.8 Å². The number of benzene rings is 1. The zero-order chi connectivity index (χ0) is 22.1. The Morgan fingerprint density at radius 2 is 1.94 bits per heavy atom. The molecule has 0 aliphatic heterocycles. The van der Waals surface area contributed by atoms with Crippen molar-refractivity contribution in [1.82, 2.24) is 30.6 Å². The summed E-state index contributed by atoms with van der Waals surface area (Å²) in [6.45, 7) is 9.46. The Balaban J connectivity index is 0.00000480. The summed E-state index contributed by atoms with van der Waals surface area (Å²) in [6, 6.07) is 7.61. The summed E-state index contributed by atoms with van der Waals surface area (Å²) in [5, 5.41) is 14.1. The summed E-state index contributed by atoms with van der Waals surface area (Å²) in [6.07, 6.45) is 0. The van der Waals surface area contributed by atoms with Crippen LogP contribution in [-0.2, 0) is 20.1 Å². The molecule has 8 nitrogen and oxygen atoms in total. The van der Waals surface area contributed by atoms with E-state index in [9.17, 15) is 4.79 Å². The number of aryl methyl sites for hydroxylation is 2. The predicted octanol–water partition coefficient (Wildman–Crippen LogP) is 2.20. The van der Waals surface area contributed by atoms with Crippen LogP contribution in [-0.4, -0.2) is 60.3 Å². The lowest BCUT2D eigenvalue weighted by Crippen LogP contribution is -2.37. The highest BCUT2D eigenvalue weighted by Crippen LogP contribution is 2.11. The van der Waals surface area contributed by atoms with Crippen LogP contribution < -0.4 is 16.0 Å². The molecule has 0 aliphatic rings. The topological polar surface area (TPSA) is 86.6 Å². The minimum Gasteiger partial charge on any atom is -0.357 e. The Bertz CT molecular complexity index is 877. The lowest BCUT2D eigenvalue weighted by atomic mass is 10.1. The molecule has 31 heavy (non-hydrogen) atoms. The monoisotopic (exact) mass is 541 g/mol. The van der Waals surface area contributed by atoms with Crippen LogP contribution >= 0.6 is 24.0 Å². The van der Waals surface area contributed by atoms with Crippen molar-refractivity contribution in [2.45, 2.75) is 33.9 Å². The zero-order valence-corrected chi connectivity index (χ0v) is 21.8. The molecule has 0 radical (unpaired) electrons. The van der Waals surface area contributed by atoms with E-state index in [1.165, 1.54) is 5.56 Å². The number of hydrogen-bond acceptors (Lipinski definition) is 4. The highest BCUT2D eigenvalue weighted by molar-refractivity contribution is 14.0. The van der Waals surface area contributed by atoms with Crippen molar-refractivity contribution in [3.05, 3.63) is 52.3 Å². The summed E-state index contributed by atoms with van der Waals surface area (Å²) in [5.41, 5.74) is 4.98. The minimum atomic E-state index is -0.0600. The number of halogens is 1. The average molecular weight is 541 g/mol. The molecule has 1 heterocycles. The molecule has 9 heteroatoms. The molecule has 3 N–H and O–H groups in total. The van der Waals surface area contributed by atoms with E-state index in [1.54, 1.807) is 0 Å². The van der Waals surface area contributed by atoms with Gasteiger partial charge in [-0.05, 0) is 52.6 Å². The van der Waals surface area contributed by atoms with Gasteiger partial charge < -0.3 is 20.9 Å². The van der Waals surface area contributed by atoms with Gasteiger partial charge in [-0.2, -0.15) is 5.10 Å². The number of likely N-dealkylation sites (N-methyl/N-ethyl adjacent to an activating group) is 1. The predicted molar refractivity (Wildman–Crippen MR) is 137 cm³/mol. The fraction of sp³-hybridized carbons (Fsp3) is 0.500. The quantitative estimate of drug-likeness (QED) is 0.258. The maximum atomic E-state index is 12.3. The molecule has 0 aliphatic carbocycles. The third-order valence-electron chi connectivity index (χ3n) is 4.89.